The summed E-state index contributed by atoms with van der Waals surface area (Å²) in [6, 6.07) is 72.4. The monoisotopic (exact) mass is 697 g/mol. The SMILES string of the molecule is c1ccc(-n2c3ccc(-c4ccc5c(c4)-c4ccccc4C5c4cccc5ccccc45)cc3c3cc(-c4cccc5c4Cc4ccccc4-5)ccc32)cc1. The van der Waals surface area contributed by atoms with E-state index in [-0.39, 0.29) is 5.92 Å². The molecule has 0 saturated heterocycles. The highest BCUT2D eigenvalue weighted by molar-refractivity contribution is 6.12. The van der Waals surface area contributed by atoms with E-state index < -0.39 is 0 Å². The number of nitrogens with zero attached hydrogens (tertiary/aromatic N) is 1. The summed E-state index contributed by atoms with van der Waals surface area (Å²) in [4.78, 5) is 0. The first kappa shape index (κ1) is 30.5. The van der Waals surface area contributed by atoms with Crippen molar-refractivity contribution in [2.75, 3.05) is 0 Å². The van der Waals surface area contributed by atoms with E-state index in [1.165, 1.54) is 111 Å². The molecule has 0 spiro atoms. The minimum Gasteiger partial charge on any atom is -0.309 e. The van der Waals surface area contributed by atoms with Gasteiger partial charge in [-0.25, -0.2) is 0 Å². The zero-order chi connectivity index (χ0) is 36.0. The Morgan fingerprint density at radius 1 is 0.364 bits per heavy atom. The lowest BCUT2D eigenvalue weighted by molar-refractivity contribution is 1.03. The third kappa shape index (κ3) is 4.54. The highest BCUT2D eigenvalue weighted by Gasteiger charge is 2.31. The summed E-state index contributed by atoms with van der Waals surface area (Å²) in [6.07, 6.45) is 0.971. The van der Waals surface area contributed by atoms with Crippen LogP contribution in [0.15, 0.2) is 194 Å². The van der Waals surface area contributed by atoms with E-state index in [9.17, 15) is 0 Å². The van der Waals surface area contributed by atoms with E-state index >= 15 is 0 Å². The maximum Gasteiger partial charge on any atom is 0.0541 e. The molecule has 12 rings (SSSR count). The largest absolute Gasteiger partial charge is 0.309 e. The Morgan fingerprint density at radius 3 is 1.85 bits per heavy atom. The fraction of sp³-hybridized carbons (Fsp3) is 0.0370. The van der Waals surface area contributed by atoms with Crippen LogP contribution < -0.4 is 0 Å². The van der Waals surface area contributed by atoms with Crippen molar-refractivity contribution in [3.05, 3.63) is 222 Å². The minimum atomic E-state index is 0.198. The average Bonchev–Trinajstić information content (AvgIpc) is 3.91. The van der Waals surface area contributed by atoms with Gasteiger partial charge in [-0.1, -0.05) is 152 Å². The second-order valence-electron chi connectivity index (χ2n) is 15.2. The van der Waals surface area contributed by atoms with Gasteiger partial charge in [-0.2, -0.15) is 0 Å². The number of hydrogen-bond acceptors (Lipinski definition) is 0. The van der Waals surface area contributed by atoms with Gasteiger partial charge in [0.25, 0.3) is 0 Å². The molecule has 1 heterocycles. The Morgan fingerprint density at radius 2 is 0.964 bits per heavy atom. The lowest BCUT2D eigenvalue weighted by Gasteiger charge is -2.17. The Hall–Kier alpha value is -6.96. The normalized spacial score (nSPS) is 13.9. The molecule has 55 heavy (non-hydrogen) atoms. The Labute approximate surface area is 320 Å². The lowest BCUT2D eigenvalue weighted by Crippen LogP contribution is -2.00. The molecule has 1 nitrogen and oxygen atoms in total. The van der Waals surface area contributed by atoms with Crippen LogP contribution in [0.2, 0.25) is 0 Å². The van der Waals surface area contributed by atoms with Crippen molar-refractivity contribution < 1.29 is 0 Å². The number of hydrogen-bond donors (Lipinski definition) is 0. The molecule has 1 unspecified atom stereocenters. The molecule has 1 aromatic heterocycles. The second kappa shape index (κ2) is 11.8. The highest BCUT2D eigenvalue weighted by Crippen LogP contribution is 2.51. The standard InChI is InChI=1S/C54H35N/c1-2-15-39(16-3-1)55-52-28-25-36(31-50(52)51-33-38(26-29-53(51)55)42-21-11-22-43-41-18-7-5-13-37(41)32-48(42)43)35-24-27-47-49(30-35)44-19-8-9-20-46(44)54(47)45-23-10-14-34-12-4-6-17-40(34)45/h1-31,33,54H,32H2. The number of para-hydroxylation sites is 1. The van der Waals surface area contributed by atoms with Gasteiger partial charge < -0.3 is 4.57 Å². The summed E-state index contributed by atoms with van der Waals surface area (Å²) in [5.74, 6) is 0.198. The van der Waals surface area contributed by atoms with E-state index in [2.05, 4.69) is 199 Å². The van der Waals surface area contributed by atoms with Gasteiger partial charge >= 0.3 is 0 Å². The summed E-state index contributed by atoms with van der Waals surface area (Å²) in [5.41, 5.74) is 21.0. The van der Waals surface area contributed by atoms with Crippen molar-refractivity contribution in [3.63, 3.8) is 0 Å². The molecule has 0 saturated carbocycles. The second-order valence-corrected chi connectivity index (χ2v) is 15.2. The smallest absolute Gasteiger partial charge is 0.0541 e. The van der Waals surface area contributed by atoms with E-state index in [4.69, 9.17) is 0 Å². The van der Waals surface area contributed by atoms with Gasteiger partial charge in [0.05, 0.1) is 11.0 Å². The number of rotatable bonds is 4. The number of benzene rings is 9. The van der Waals surface area contributed by atoms with E-state index in [1.54, 1.807) is 0 Å². The molecule has 0 amide bonds. The molecule has 2 aliphatic rings. The third-order valence-corrected chi connectivity index (χ3v) is 12.3. The van der Waals surface area contributed by atoms with Gasteiger partial charge in [0.1, 0.15) is 0 Å². The number of fused-ring (bicyclic) bond motifs is 10. The summed E-state index contributed by atoms with van der Waals surface area (Å²) < 4.78 is 2.43. The maximum atomic E-state index is 2.44. The van der Waals surface area contributed by atoms with Crippen LogP contribution in [0, 0.1) is 0 Å². The van der Waals surface area contributed by atoms with Crippen LogP contribution in [-0.4, -0.2) is 4.57 Å². The summed E-state index contributed by atoms with van der Waals surface area (Å²) in [7, 11) is 0. The molecule has 256 valence electrons. The molecule has 0 N–H and O–H groups in total. The van der Waals surface area contributed by atoms with Gasteiger partial charge in [-0.05, 0) is 132 Å². The summed E-state index contributed by atoms with van der Waals surface area (Å²) in [5, 5.41) is 5.15. The zero-order valence-corrected chi connectivity index (χ0v) is 30.2. The lowest BCUT2D eigenvalue weighted by atomic mass is 9.86. The van der Waals surface area contributed by atoms with E-state index in [0.29, 0.717) is 0 Å². The molecule has 0 bridgehead atoms. The van der Waals surface area contributed by atoms with Gasteiger partial charge in [0, 0.05) is 22.4 Å². The van der Waals surface area contributed by atoms with Crippen LogP contribution in [0.4, 0.5) is 0 Å². The fourth-order valence-electron chi connectivity index (χ4n) is 9.87. The van der Waals surface area contributed by atoms with Crippen LogP contribution >= 0.6 is 0 Å². The number of aromatic nitrogens is 1. The van der Waals surface area contributed by atoms with Gasteiger partial charge in [-0.15, -0.1) is 0 Å². The van der Waals surface area contributed by atoms with Gasteiger partial charge in [-0.3, -0.25) is 0 Å². The fourth-order valence-corrected chi connectivity index (χ4v) is 9.87. The Balaban J connectivity index is 1.03. The molecule has 1 heteroatoms. The predicted molar refractivity (Wildman–Crippen MR) is 230 cm³/mol. The van der Waals surface area contributed by atoms with Crippen molar-refractivity contribution >= 4 is 32.6 Å². The zero-order valence-electron chi connectivity index (χ0n) is 30.2. The average molecular weight is 698 g/mol. The quantitative estimate of drug-likeness (QED) is 0.173. The van der Waals surface area contributed by atoms with Crippen molar-refractivity contribution in [2.24, 2.45) is 0 Å². The van der Waals surface area contributed by atoms with Crippen molar-refractivity contribution in [2.45, 2.75) is 12.3 Å². The van der Waals surface area contributed by atoms with Crippen LogP contribution in [0.5, 0.6) is 0 Å². The Bertz CT molecular complexity index is 3170. The first-order valence-electron chi connectivity index (χ1n) is 19.3. The van der Waals surface area contributed by atoms with E-state index in [0.717, 1.165) is 6.42 Å². The van der Waals surface area contributed by atoms with Crippen molar-refractivity contribution in [1.82, 2.24) is 4.57 Å². The van der Waals surface area contributed by atoms with Gasteiger partial charge in [0.15, 0.2) is 0 Å². The third-order valence-electron chi connectivity index (χ3n) is 12.3. The minimum absolute atomic E-state index is 0.198. The van der Waals surface area contributed by atoms with Gasteiger partial charge in [0.2, 0.25) is 0 Å². The first-order valence-corrected chi connectivity index (χ1v) is 19.3. The Kier molecular flexibility index (Phi) is 6.53. The molecular formula is C54H35N. The topological polar surface area (TPSA) is 4.93 Å². The molecule has 10 aromatic rings. The van der Waals surface area contributed by atoms with E-state index in [1.807, 2.05) is 0 Å². The molecule has 2 aliphatic carbocycles. The molecule has 0 aliphatic heterocycles. The van der Waals surface area contributed by atoms with Crippen LogP contribution in [-0.2, 0) is 6.42 Å². The molecule has 9 aromatic carbocycles. The molecule has 0 radical (unpaired) electrons. The summed E-state index contributed by atoms with van der Waals surface area (Å²) in [6.45, 7) is 0. The van der Waals surface area contributed by atoms with Crippen LogP contribution in [0.1, 0.15) is 33.7 Å². The predicted octanol–water partition coefficient (Wildman–Crippen LogP) is 14.0. The van der Waals surface area contributed by atoms with Crippen LogP contribution in [0.3, 0.4) is 0 Å². The molecule has 1 atom stereocenters. The van der Waals surface area contributed by atoms with Crippen molar-refractivity contribution in [1.29, 1.82) is 0 Å². The highest BCUT2D eigenvalue weighted by atomic mass is 15.0. The molecular weight excluding hydrogens is 663 g/mol. The van der Waals surface area contributed by atoms with Crippen molar-refractivity contribution in [3.8, 4) is 50.2 Å². The molecule has 0 fully saturated rings. The first-order chi connectivity index (χ1) is 27.3. The van der Waals surface area contributed by atoms with Crippen LogP contribution in [0.25, 0.3) is 82.8 Å². The summed E-state index contributed by atoms with van der Waals surface area (Å²) >= 11 is 0. The maximum absolute atomic E-state index is 2.44.